The second-order valence-electron chi connectivity index (χ2n) is 12.8. The van der Waals surface area contributed by atoms with Crippen LogP contribution in [0.25, 0.3) is 5.69 Å². The molecule has 1 aliphatic carbocycles. The van der Waals surface area contributed by atoms with Crippen LogP contribution in [0.1, 0.15) is 81.3 Å². The summed E-state index contributed by atoms with van der Waals surface area (Å²) < 4.78 is 25.1. The van der Waals surface area contributed by atoms with Crippen LogP contribution in [-0.2, 0) is 27.3 Å². The number of rotatable bonds is 5. The summed E-state index contributed by atoms with van der Waals surface area (Å²) in [6.07, 6.45) is 2.87. The standard InChI is InChI=1S/C34H40N4O7/c1-22(39)44-29-19-25(24-11-8-12-24)13-14-26(29)38-27-15-16-37(33(41)45-34(2,3)4)28-20-36(17-18-42-31(35-38)30(27)28)32(40)43-21-23-9-6-5-7-10-23/h5-7,9-10,13-14,19,24,28H,8,11-12,15-18,20-21H2,1-4H3. The van der Waals surface area contributed by atoms with Crippen molar-refractivity contribution in [2.45, 2.75) is 77.5 Å². The van der Waals surface area contributed by atoms with Crippen LogP contribution < -0.4 is 9.47 Å². The fourth-order valence-corrected chi connectivity index (χ4v) is 6.06. The zero-order valence-corrected chi connectivity index (χ0v) is 26.3. The van der Waals surface area contributed by atoms with Gasteiger partial charge in [0.05, 0.1) is 23.8 Å². The molecule has 6 rings (SSSR count). The first-order valence-corrected chi connectivity index (χ1v) is 15.6. The molecule has 3 aliphatic rings. The number of ether oxygens (including phenoxy) is 4. The maximum absolute atomic E-state index is 13.5. The Balaban J connectivity index is 1.37. The molecule has 0 saturated heterocycles. The number of amides is 2. The predicted octanol–water partition coefficient (Wildman–Crippen LogP) is 5.93. The summed E-state index contributed by atoms with van der Waals surface area (Å²) in [6.45, 7) is 7.89. The third kappa shape index (κ3) is 6.62. The smallest absolute Gasteiger partial charge is 0.410 e. The zero-order valence-electron chi connectivity index (χ0n) is 26.3. The average Bonchev–Trinajstić information content (AvgIpc) is 3.31. The van der Waals surface area contributed by atoms with Gasteiger partial charge in [-0.2, -0.15) is 0 Å². The first-order chi connectivity index (χ1) is 21.6. The van der Waals surface area contributed by atoms with Crippen molar-refractivity contribution in [2.24, 2.45) is 0 Å². The molecule has 0 N–H and O–H groups in total. The molecular weight excluding hydrogens is 576 g/mol. The molecule has 0 spiro atoms. The highest BCUT2D eigenvalue weighted by atomic mass is 16.6. The van der Waals surface area contributed by atoms with Gasteiger partial charge in [-0.15, -0.1) is 5.10 Å². The van der Waals surface area contributed by atoms with Gasteiger partial charge < -0.3 is 23.8 Å². The van der Waals surface area contributed by atoms with Crippen molar-refractivity contribution in [3.8, 4) is 17.3 Å². The normalized spacial score (nSPS) is 18.1. The number of carbonyl (C=O) groups is 3. The molecule has 1 atom stereocenters. The van der Waals surface area contributed by atoms with E-state index in [1.54, 1.807) is 14.5 Å². The van der Waals surface area contributed by atoms with Crippen molar-refractivity contribution in [2.75, 3.05) is 26.2 Å². The fraction of sp³-hybridized carbons (Fsp3) is 0.471. The van der Waals surface area contributed by atoms with Crippen LogP contribution in [0.5, 0.6) is 11.6 Å². The molecule has 45 heavy (non-hydrogen) atoms. The Bertz CT molecular complexity index is 1580. The Morgan fingerprint density at radius 3 is 2.49 bits per heavy atom. The molecule has 1 fully saturated rings. The average molecular weight is 617 g/mol. The van der Waals surface area contributed by atoms with Gasteiger partial charge in [0.25, 0.3) is 0 Å². The Morgan fingerprint density at radius 2 is 1.80 bits per heavy atom. The molecule has 3 aromatic rings. The zero-order chi connectivity index (χ0) is 31.7. The summed E-state index contributed by atoms with van der Waals surface area (Å²) in [4.78, 5) is 42.3. The highest BCUT2D eigenvalue weighted by Gasteiger charge is 2.42. The highest BCUT2D eigenvalue weighted by molar-refractivity contribution is 5.73. The van der Waals surface area contributed by atoms with Gasteiger partial charge >= 0.3 is 18.2 Å². The maximum atomic E-state index is 13.5. The lowest BCUT2D eigenvalue weighted by molar-refractivity contribution is -0.131. The summed E-state index contributed by atoms with van der Waals surface area (Å²) >= 11 is 0. The van der Waals surface area contributed by atoms with Crippen molar-refractivity contribution in [3.63, 3.8) is 0 Å². The van der Waals surface area contributed by atoms with Crippen molar-refractivity contribution < 1.29 is 33.3 Å². The van der Waals surface area contributed by atoms with Gasteiger partial charge in [-0.05, 0) is 62.8 Å². The number of hydrogen-bond donors (Lipinski definition) is 0. The Morgan fingerprint density at radius 1 is 1.02 bits per heavy atom. The van der Waals surface area contributed by atoms with Gasteiger partial charge in [0, 0.05) is 26.4 Å². The summed E-state index contributed by atoms with van der Waals surface area (Å²) in [7, 11) is 0. The van der Waals surface area contributed by atoms with Crippen molar-refractivity contribution in [1.82, 2.24) is 19.6 Å². The summed E-state index contributed by atoms with van der Waals surface area (Å²) in [5.74, 6) is 0.830. The lowest BCUT2D eigenvalue weighted by atomic mass is 9.80. The summed E-state index contributed by atoms with van der Waals surface area (Å²) in [6, 6.07) is 14.8. The largest absolute Gasteiger partial charge is 0.474 e. The quantitative estimate of drug-likeness (QED) is 0.256. The van der Waals surface area contributed by atoms with Crippen LogP contribution in [0.2, 0.25) is 0 Å². The van der Waals surface area contributed by atoms with Crippen LogP contribution in [0, 0.1) is 0 Å². The lowest BCUT2D eigenvalue weighted by Crippen LogP contribution is -2.49. The number of carbonyl (C=O) groups excluding carboxylic acids is 3. The third-order valence-corrected chi connectivity index (χ3v) is 8.41. The maximum Gasteiger partial charge on any atom is 0.410 e. The van der Waals surface area contributed by atoms with Crippen LogP contribution in [-0.4, -0.2) is 69.6 Å². The van der Waals surface area contributed by atoms with Crippen LogP contribution in [0.4, 0.5) is 9.59 Å². The molecule has 0 radical (unpaired) electrons. The molecule has 2 aromatic carbocycles. The van der Waals surface area contributed by atoms with Gasteiger partial charge in [0.15, 0.2) is 5.75 Å². The molecular formula is C34H40N4O7. The first kappa shape index (κ1) is 30.5. The third-order valence-electron chi connectivity index (χ3n) is 8.41. The molecule has 0 bridgehead atoms. The van der Waals surface area contributed by atoms with Crippen LogP contribution in [0.3, 0.4) is 0 Å². The minimum Gasteiger partial charge on any atom is -0.474 e. The van der Waals surface area contributed by atoms with E-state index in [0.29, 0.717) is 41.8 Å². The van der Waals surface area contributed by atoms with E-state index < -0.39 is 29.8 Å². The van der Waals surface area contributed by atoms with E-state index >= 15 is 0 Å². The fourth-order valence-electron chi connectivity index (χ4n) is 6.06. The summed E-state index contributed by atoms with van der Waals surface area (Å²) in [5.41, 5.74) is 3.43. The van der Waals surface area contributed by atoms with E-state index in [1.807, 2.05) is 63.2 Å². The first-order valence-electron chi connectivity index (χ1n) is 15.6. The van der Waals surface area contributed by atoms with E-state index in [1.165, 1.54) is 13.3 Å². The minimum atomic E-state index is -0.710. The highest BCUT2D eigenvalue weighted by Crippen LogP contribution is 2.43. The SMILES string of the molecule is CC(=O)Oc1cc(C2CCC2)ccc1-n1nc2c3c1CCN(C(=O)OC(C)(C)C)C3CN(C(=O)OCc1ccccc1)CCO2. The van der Waals surface area contributed by atoms with Crippen LogP contribution in [0.15, 0.2) is 48.5 Å². The Labute approximate surface area is 263 Å². The van der Waals surface area contributed by atoms with E-state index in [9.17, 15) is 14.4 Å². The molecule has 1 aromatic heterocycles. The molecule has 3 heterocycles. The van der Waals surface area contributed by atoms with E-state index in [-0.39, 0.29) is 26.3 Å². The molecule has 1 unspecified atom stereocenters. The van der Waals surface area contributed by atoms with Gasteiger partial charge in [-0.25, -0.2) is 14.3 Å². The topological polar surface area (TPSA) is 112 Å². The van der Waals surface area contributed by atoms with Gasteiger partial charge in [-0.3, -0.25) is 9.69 Å². The van der Waals surface area contributed by atoms with E-state index in [4.69, 9.17) is 24.0 Å². The number of esters is 1. The van der Waals surface area contributed by atoms with Crippen LogP contribution >= 0.6 is 0 Å². The Kier molecular flexibility index (Phi) is 8.44. The molecule has 2 aliphatic heterocycles. The van der Waals surface area contributed by atoms with Gasteiger partial charge in [0.1, 0.15) is 24.5 Å². The molecule has 11 heteroatoms. The molecule has 2 amide bonds. The van der Waals surface area contributed by atoms with Gasteiger partial charge in [-0.1, -0.05) is 42.8 Å². The molecule has 11 nitrogen and oxygen atoms in total. The second-order valence-corrected chi connectivity index (χ2v) is 12.8. The monoisotopic (exact) mass is 616 g/mol. The summed E-state index contributed by atoms with van der Waals surface area (Å²) in [5, 5.41) is 4.86. The van der Waals surface area contributed by atoms with E-state index in [2.05, 4.69) is 6.07 Å². The number of benzene rings is 2. The van der Waals surface area contributed by atoms with E-state index in [0.717, 1.165) is 29.7 Å². The Hall–Kier alpha value is -4.54. The second kappa shape index (κ2) is 12.5. The van der Waals surface area contributed by atoms with Gasteiger partial charge in [0.2, 0.25) is 5.88 Å². The minimum absolute atomic E-state index is 0.127. The number of aromatic nitrogens is 2. The lowest BCUT2D eigenvalue weighted by Gasteiger charge is -2.40. The molecule has 1 saturated carbocycles. The molecule has 238 valence electrons. The number of nitrogens with zero attached hydrogens (tertiary/aromatic N) is 4. The predicted molar refractivity (Wildman–Crippen MR) is 165 cm³/mol. The number of hydrogen-bond acceptors (Lipinski definition) is 8. The van der Waals surface area contributed by atoms with Crippen molar-refractivity contribution in [3.05, 3.63) is 70.9 Å². The van der Waals surface area contributed by atoms with Crippen molar-refractivity contribution in [1.29, 1.82) is 0 Å². The van der Waals surface area contributed by atoms with Crippen molar-refractivity contribution >= 4 is 18.2 Å².